The first-order valence-corrected chi connectivity index (χ1v) is 11.2. The third-order valence-electron chi connectivity index (χ3n) is 5.02. The summed E-state index contributed by atoms with van der Waals surface area (Å²) in [6.45, 7) is 3.06. The molecule has 3 aromatic rings. The maximum atomic E-state index is 13.1. The monoisotopic (exact) mass is 443 g/mol. The zero-order chi connectivity index (χ0) is 21.1. The van der Waals surface area contributed by atoms with E-state index < -0.39 is 0 Å². The summed E-state index contributed by atoms with van der Waals surface area (Å²) >= 11 is 7.37. The standard InChI is InChI=1S/C22H22ClN3O3S/c1-14-8-9-15(11-18(14)23)24-20(27)13-30-22-25-19-7-3-2-6-17(19)21(28)26(22)12-16-5-4-10-29-16/h2-3,6-9,11,16H,4-5,10,12-13H2,1H3,(H,24,27). The molecule has 1 saturated heterocycles. The van der Waals surface area contributed by atoms with Crippen molar-refractivity contribution in [1.29, 1.82) is 0 Å². The Labute approximate surface area is 183 Å². The van der Waals surface area contributed by atoms with Crippen molar-refractivity contribution in [3.05, 3.63) is 63.4 Å². The van der Waals surface area contributed by atoms with Crippen LogP contribution in [0.4, 0.5) is 5.69 Å². The molecular formula is C22H22ClN3O3S. The molecule has 1 aromatic heterocycles. The van der Waals surface area contributed by atoms with Crippen molar-refractivity contribution in [2.75, 3.05) is 17.7 Å². The van der Waals surface area contributed by atoms with Gasteiger partial charge < -0.3 is 10.1 Å². The summed E-state index contributed by atoms with van der Waals surface area (Å²) in [5, 5.41) is 4.53. The van der Waals surface area contributed by atoms with E-state index in [9.17, 15) is 9.59 Å². The summed E-state index contributed by atoms with van der Waals surface area (Å²) in [6.07, 6.45) is 1.90. The van der Waals surface area contributed by atoms with Gasteiger partial charge in [-0.15, -0.1) is 0 Å². The number of ether oxygens (including phenoxy) is 1. The van der Waals surface area contributed by atoms with Crippen LogP contribution in [-0.4, -0.2) is 33.9 Å². The van der Waals surface area contributed by atoms with Gasteiger partial charge in [0, 0.05) is 17.3 Å². The lowest BCUT2D eigenvalue weighted by Gasteiger charge is -2.16. The van der Waals surface area contributed by atoms with Crippen LogP contribution in [0.25, 0.3) is 10.9 Å². The van der Waals surface area contributed by atoms with Gasteiger partial charge in [-0.3, -0.25) is 14.2 Å². The number of thioether (sulfide) groups is 1. The summed E-state index contributed by atoms with van der Waals surface area (Å²) in [7, 11) is 0. The fraction of sp³-hybridized carbons (Fsp3) is 0.318. The molecular weight excluding hydrogens is 422 g/mol. The quantitative estimate of drug-likeness (QED) is 0.455. The van der Waals surface area contributed by atoms with Crippen molar-refractivity contribution in [1.82, 2.24) is 9.55 Å². The first-order valence-electron chi connectivity index (χ1n) is 9.81. The molecule has 1 N–H and O–H groups in total. The fourth-order valence-electron chi connectivity index (χ4n) is 3.41. The first-order chi connectivity index (χ1) is 14.5. The molecule has 1 aliphatic heterocycles. The smallest absolute Gasteiger partial charge is 0.262 e. The van der Waals surface area contributed by atoms with Gasteiger partial charge in [0.25, 0.3) is 5.56 Å². The minimum absolute atomic E-state index is 0.00598. The Balaban J connectivity index is 1.55. The van der Waals surface area contributed by atoms with E-state index in [0.717, 1.165) is 18.4 Å². The van der Waals surface area contributed by atoms with Gasteiger partial charge in [0.2, 0.25) is 5.91 Å². The van der Waals surface area contributed by atoms with Crippen LogP contribution in [-0.2, 0) is 16.1 Å². The molecule has 1 aliphatic rings. The summed E-state index contributed by atoms with van der Waals surface area (Å²) in [5.41, 5.74) is 2.10. The molecule has 8 heteroatoms. The zero-order valence-electron chi connectivity index (χ0n) is 16.6. The van der Waals surface area contributed by atoms with Crippen molar-refractivity contribution in [2.24, 2.45) is 0 Å². The number of rotatable bonds is 6. The molecule has 0 spiro atoms. The van der Waals surface area contributed by atoms with E-state index in [1.807, 2.05) is 37.3 Å². The highest BCUT2D eigenvalue weighted by molar-refractivity contribution is 7.99. The van der Waals surface area contributed by atoms with Gasteiger partial charge >= 0.3 is 0 Å². The highest BCUT2D eigenvalue weighted by atomic mass is 35.5. The van der Waals surface area contributed by atoms with E-state index in [0.29, 0.717) is 39.9 Å². The second-order valence-electron chi connectivity index (χ2n) is 7.26. The van der Waals surface area contributed by atoms with Crippen LogP contribution in [0.3, 0.4) is 0 Å². The Morgan fingerprint density at radius 1 is 1.33 bits per heavy atom. The highest BCUT2D eigenvalue weighted by Crippen LogP contribution is 2.23. The average molecular weight is 444 g/mol. The topological polar surface area (TPSA) is 73.2 Å². The Morgan fingerprint density at radius 2 is 2.17 bits per heavy atom. The molecule has 1 unspecified atom stereocenters. The number of nitrogens with zero attached hydrogens (tertiary/aromatic N) is 2. The number of carbonyl (C=O) groups excluding carboxylic acids is 1. The van der Waals surface area contributed by atoms with Gasteiger partial charge in [-0.1, -0.05) is 41.6 Å². The molecule has 0 aliphatic carbocycles. The molecule has 156 valence electrons. The Bertz CT molecular complexity index is 1140. The Kier molecular flexibility index (Phi) is 6.41. The molecule has 2 heterocycles. The lowest BCUT2D eigenvalue weighted by molar-refractivity contribution is -0.113. The molecule has 0 saturated carbocycles. The predicted molar refractivity (Wildman–Crippen MR) is 121 cm³/mol. The summed E-state index contributed by atoms with van der Waals surface area (Å²) in [4.78, 5) is 30.2. The van der Waals surface area contributed by atoms with Gasteiger partial charge in [-0.25, -0.2) is 4.98 Å². The lowest BCUT2D eigenvalue weighted by atomic mass is 10.2. The van der Waals surface area contributed by atoms with E-state index in [2.05, 4.69) is 10.3 Å². The SMILES string of the molecule is Cc1ccc(NC(=O)CSc2nc3ccccc3c(=O)n2CC2CCCO2)cc1Cl. The van der Waals surface area contributed by atoms with Crippen LogP contribution in [0.15, 0.2) is 52.4 Å². The van der Waals surface area contributed by atoms with Crippen LogP contribution in [0, 0.1) is 6.92 Å². The molecule has 1 amide bonds. The van der Waals surface area contributed by atoms with Crippen molar-refractivity contribution in [2.45, 2.75) is 37.6 Å². The van der Waals surface area contributed by atoms with Crippen molar-refractivity contribution >= 4 is 45.9 Å². The number of para-hydroxylation sites is 1. The summed E-state index contributed by atoms with van der Waals surface area (Å²) in [6, 6.07) is 12.7. The number of carbonyl (C=O) groups is 1. The van der Waals surface area contributed by atoms with Crippen LogP contribution in [0.1, 0.15) is 18.4 Å². The maximum absolute atomic E-state index is 13.1. The van der Waals surface area contributed by atoms with E-state index in [-0.39, 0.29) is 23.3 Å². The molecule has 1 atom stereocenters. The molecule has 4 rings (SSSR count). The predicted octanol–water partition coefficient (Wildman–Crippen LogP) is 4.27. The normalized spacial score (nSPS) is 16.1. The van der Waals surface area contributed by atoms with E-state index >= 15 is 0 Å². The third-order valence-corrected chi connectivity index (χ3v) is 6.41. The maximum Gasteiger partial charge on any atom is 0.262 e. The molecule has 0 bridgehead atoms. The van der Waals surface area contributed by atoms with Gasteiger partial charge in [-0.05, 0) is 49.6 Å². The number of benzene rings is 2. The molecule has 1 fully saturated rings. The van der Waals surface area contributed by atoms with Crippen LogP contribution in [0.5, 0.6) is 0 Å². The highest BCUT2D eigenvalue weighted by Gasteiger charge is 2.20. The van der Waals surface area contributed by atoms with E-state index in [1.54, 1.807) is 16.7 Å². The fourth-order valence-corrected chi connectivity index (χ4v) is 4.40. The molecule has 6 nitrogen and oxygen atoms in total. The van der Waals surface area contributed by atoms with Crippen LogP contribution >= 0.6 is 23.4 Å². The Morgan fingerprint density at radius 3 is 2.93 bits per heavy atom. The second-order valence-corrected chi connectivity index (χ2v) is 8.61. The van der Waals surface area contributed by atoms with Crippen molar-refractivity contribution in [3.63, 3.8) is 0 Å². The van der Waals surface area contributed by atoms with Gasteiger partial charge in [0.15, 0.2) is 5.16 Å². The number of amides is 1. The number of hydrogen-bond donors (Lipinski definition) is 1. The molecule has 0 radical (unpaired) electrons. The second kappa shape index (κ2) is 9.20. The summed E-state index contributed by atoms with van der Waals surface area (Å²) in [5.74, 6) is -0.0621. The Hall–Kier alpha value is -2.35. The van der Waals surface area contributed by atoms with E-state index in [4.69, 9.17) is 16.3 Å². The van der Waals surface area contributed by atoms with Gasteiger partial charge in [-0.2, -0.15) is 0 Å². The first kappa shape index (κ1) is 20.9. The minimum Gasteiger partial charge on any atom is -0.376 e. The van der Waals surface area contributed by atoms with Crippen molar-refractivity contribution < 1.29 is 9.53 Å². The number of hydrogen-bond acceptors (Lipinski definition) is 5. The largest absolute Gasteiger partial charge is 0.376 e. The number of anilines is 1. The number of nitrogens with one attached hydrogen (secondary N) is 1. The van der Waals surface area contributed by atoms with Gasteiger partial charge in [0.1, 0.15) is 0 Å². The minimum atomic E-state index is -0.189. The molecule has 2 aromatic carbocycles. The number of fused-ring (bicyclic) bond motifs is 1. The molecule has 30 heavy (non-hydrogen) atoms. The zero-order valence-corrected chi connectivity index (χ0v) is 18.1. The summed E-state index contributed by atoms with van der Waals surface area (Å²) < 4.78 is 7.35. The van der Waals surface area contributed by atoms with Crippen LogP contribution in [0.2, 0.25) is 5.02 Å². The number of halogens is 1. The van der Waals surface area contributed by atoms with E-state index in [1.165, 1.54) is 11.8 Å². The van der Waals surface area contributed by atoms with Crippen LogP contribution < -0.4 is 10.9 Å². The lowest BCUT2D eigenvalue weighted by Crippen LogP contribution is -2.29. The third kappa shape index (κ3) is 4.69. The number of aromatic nitrogens is 2. The number of aryl methyl sites for hydroxylation is 1. The van der Waals surface area contributed by atoms with Gasteiger partial charge in [0.05, 0.1) is 29.3 Å². The van der Waals surface area contributed by atoms with Crippen molar-refractivity contribution in [3.8, 4) is 0 Å². The average Bonchev–Trinajstić information content (AvgIpc) is 3.25.